The summed E-state index contributed by atoms with van der Waals surface area (Å²) in [4.78, 5) is 9.31. The number of ether oxygens (including phenoxy) is 1. The summed E-state index contributed by atoms with van der Waals surface area (Å²) in [5.41, 5.74) is 0. The zero-order valence-electron chi connectivity index (χ0n) is 3.66. The van der Waals surface area contributed by atoms with Gasteiger partial charge in [-0.25, -0.2) is 0 Å². The standard InChI is InChI=1S/C4H5O2.Fe/c1-2-3-6-4-5;/h2H,1,3H2;. The quantitative estimate of drug-likeness (QED) is 0.421. The van der Waals surface area contributed by atoms with Gasteiger partial charge in [-0.3, -0.25) is 0 Å². The van der Waals surface area contributed by atoms with E-state index >= 15 is 0 Å². The van der Waals surface area contributed by atoms with Crippen LogP contribution in [0.2, 0.25) is 0 Å². The van der Waals surface area contributed by atoms with Crippen molar-refractivity contribution in [1.82, 2.24) is 0 Å². The van der Waals surface area contributed by atoms with Crippen LogP contribution < -0.4 is 0 Å². The van der Waals surface area contributed by atoms with Gasteiger partial charge in [0.05, 0.1) is 0 Å². The number of carbonyl (C=O) groups excluding carboxylic acids is 1. The Bertz CT molecular complexity index is 79.8. The average Bonchev–Trinajstić information content (AvgIpc) is 1.61. The van der Waals surface area contributed by atoms with E-state index in [0.717, 1.165) is 0 Å². The molecule has 41 valence electrons. The molecule has 0 N–H and O–H groups in total. The third-order valence-corrected chi connectivity index (χ3v) is 0.471. The molecular weight excluding hydrogens is 136 g/mol. The van der Waals surface area contributed by atoms with Crippen LogP contribution in [0, 0.1) is 0 Å². The van der Waals surface area contributed by atoms with Crippen molar-refractivity contribution in [3.8, 4) is 0 Å². The van der Waals surface area contributed by atoms with Crippen LogP contribution >= 0.6 is 0 Å². The van der Waals surface area contributed by atoms with Crippen LogP contribution in [0.1, 0.15) is 0 Å². The summed E-state index contributed by atoms with van der Waals surface area (Å²) in [5.74, 6) is 0. The molecule has 0 bridgehead atoms. The van der Waals surface area contributed by atoms with Gasteiger partial charge in [-0.1, -0.05) is 0 Å². The third-order valence-electron chi connectivity index (χ3n) is 0.311. The van der Waals surface area contributed by atoms with E-state index in [1.54, 1.807) is 0 Å². The fraction of sp³-hybridized carbons (Fsp3) is 0.250. The van der Waals surface area contributed by atoms with Crippen LogP contribution in [-0.2, 0) is 20.7 Å². The van der Waals surface area contributed by atoms with Crippen LogP contribution in [0.4, 0.5) is 4.79 Å². The second-order valence-electron chi connectivity index (χ2n) is 0.827. The van der Waals surface area contributed by atoms with Gasteiger partial charge in [0.1, 0.15) is 0 Å². The molecule has 0 aliphatic carbocycles. The Morgan fingerprint density at radius 1 is 2.00 bits per heavy atom. The van der Waals surface area contributed by atoms with Crippen molar-refractivity contribution in [2.45, 2.75) is 0 Å². The van der Waals surface area contributed by atoms with Crippen LogP contribution in [0.5, 0.6) is 0 Å². The molecule has 2 nitrogen and oxygen atoms in total. The Balaban J connectivity index is 2.97. The fourth-order valence-corrected chi connectivity index (χ4v) is 0.214. The molecule has 0 saturated heterocycles. The molecule has 0 fully saturated rings. The Kier molecular flexibility index (Phi) is 3.75. The predicted molar refractivity (Wildman–Crippen MR) is 21.5 cm³/mol. The van der Waals surface area contributed by atoms with Gasteiger partial charge in [0.25, 0.3) is 0 Å². The van der Waals surface area contributed by atoms with Gasteiger partial charge in [-0.2, -0.15) is 0 Å². The molecule has 7 heavy (non-hydrogen) atoms. The van der Waals surface area contributed by atoms with Crippen molar-refractivity contribution in [3.63, 3.8) is 0 Å². The number of hydrogen-bond donors (Lipinski definition) is 0. The summed E-state index contributed by atoms with van der Waals surface area (Å²) >= 11 is 2.97. The van der Waals surface area contributed by atoms with Gasteiger partial charge in [0, 0.05) is 0 Å². The zero-order valence-corrected chi connectivity index (χ0v) is 4.77. The molecule has 0 atom stereocenters. The first-order valence-corrected chi connectivity index (χ1v) is 2.24. The van der Waals surface area contributed by atoms with E-state index in [-0.39, 0.29) is 6.61 Å². The molecule has 0 saturated carbocycles. The normalized spacial score (nSPS) is 7.57. The molecule has 0 aromatic heterocycles. The molecule has 0 unspecified atom stereocenters. The van der Waals surface area contributed by atoms with Crippen molar-refractivity contribution in [2.24, 2.45) is 0 Å². The van der Waals surface area contributed by atoms with E-state index < -0.39 is 4.87 Å². The molecule has 3 heteroatoms. The Morgan fingerprint density at radius 3 is 2.71 bits per heavy atom. The van der Waals surface area contributed by atoms with E-state index in [0.29, 0.717) is 0 Å². The summed E-state index contributed by atoms with van der Waals surface area (Å²) in [7, 11) is 0. The first kappa shape index (κ1) is 6.73. The molecule has 0 aliphatic rings. The van der Waals surface area contributed by atoms with Crippen LogP contribution in [0.25, 0.3) is 0 Å². The molecule has 0 heterocycles. The molecule has 0 rings (SSSR count). The number of hydrogen-bond acceptors (Lipinski definition) is 2. The SMILES string of the molecule is C=CCO[C](=O)[Fe]. The van der Waals surface area contributed by atoms with Crippen LogP contribution in [-0.4, -0.2) is 11.5 Å². The van der Waals surface area contributed by atoms with Gasteiger partial charge < -0.3 is 0 Å². The Morgan fingerprint density at radius 2 is 2.57 bits per heavy atom. The molecule has 0 radical (unpaired) electrons. The average molecular weight is 141 g/mol. The second-order valence-corrected chi connectivity index (χ2v) is 1.28. The molecule has 0 aromatic rings. The third kappa shape index (κ3) is 5.73. The van der Waals surface area contributed by atoms with E-state index in [1.165, 1.54) is 6.08 Å². The van der Waals surface area contributed by atoms with Gasteiger partial charge in [-0.05, 0) is 0 Å². The second kappa shape index (κ2) is 3.90. The van der Waals surface area contributed by atoms with Crippen molar-refractivity contribution in [1.29, 1.82) is 0 Å². The van der Waals surface area contributed by atoms with Gasteiger partial charge in [0.15, 0.2) is 0 Å². The van der Waals surface area contributed by atoms with Crippen molar-refractivity contribution in [3.05, 3.63) is 12.7 Å². The van der Waals surface area contributed by atoms with Gasteiger partial charge in [-0.15, -0.1) is 0 Å². The monoisotopic (exact) mass is 141 g/mol. The van der Waals surface area contributed by atoms with E-state index in [4.69, 9.17) is 0 Å². The molecule has 0 aromatic carbocycles. The van der Waals surface area contributed by atoms with E-state index in [2.05, 4.69) is 27.3 Å². The minimum absolute atomic E-state index is 0.252. The molecule has 0 aliphatic heterocycles. The van der Waals surface area contributed by atoms with E-state index in [1.807, 2.05) is 0 Å². The molecular formula is C4H5FeO2. The van der Waals surface area contributed by atoms with Crippen LogP contribution in [0.15, 0.2) is 12.7 Å². The molecule has 0 amide bonds. The number of rotatable bonds is 2. The van der Waals surface area contributed by atoms with E-state index in [9.17, 15) is 4.79 Å². The van der Waals surface area contributed by atoms with Crippen molar-refractivity contribution < 1.29 is 25.5 Å². The maximum absolute atomic E-state index is 9.82. The maximum atomic E-state index is 9.82. The first-order chi connectivity index (χ1) is 3.27. The summed E-state index contributed by atoms with van der Waals surface area (Å²) in [6.07, 6.45) is 1.49. The summed E-state index contributed by atoms with van der Waals surface area (Å²) in [5, 5.41) is 0. The predicted octanol–water partition coefficient (Wildman–Crippen LogP) is 0.856. The topological polar surface area (TPSA) is 26.3 Å². The summed E-state index contributed by atoms with van der Waals surface area (Å²) in [6, 6.07) is 0. The van der Waals surface area contributed by atoms with Gasteiger partial charge >= 0.3 is 49.7 Å². The molecule has 0 spiro atoms. The number of carbonyl (C=O) groups is 1. The summed E-state index contributed by atoms with van der Waals surface area (Å²) in [6.45, 7) is 3.58. The minimum atomic E-state index is -0.514. The zero-order chi connectivity index (χ0) is 5.70. The van der Waals surface area contributed by atoms with Crippen molar-refractivity contribution >= 4 is 4.87 Å². The first-order valence-electron chi connectivity index (χ1n) is 1.69. The van der Waals surface area contributed by atoms with Gasteiger partial charge in [0.2, 0.25) is 0 Å². The Labute approximate surface area is 50.4 Å². The Hall–Kier alpha value is -0.271. The summed E-state index contributed by atoms with van der Waals surface area (Å²) < 4.78 is 4.32. The van der Waals surface area contributed by atoms with Crippen LogP contribution in [0.3, 0.4) is 0 Å². The fourth-order valence-electron chi connectivity index (χ4n) is 0.122. The van der Waals surface area contributed by atoms with Crippen molar-refractivity contribution in [2.75, 3.05) is 6.61 Å².